The molecule has 0 radical (unpaired) electrons. The third-order valence-electron chi connectivity index (χ3n) is 4.48. The number of amides is 2. The molecule has 3 rings (SSSR count). The number of carbonyl (C=O) groups is 2. The number of nitrogens with zero attached hydrogens (tertiary/aromatic N) is 3. The number of hydrogen-bond donors (Lipinski definition) is 2. The van der Waals surface area contributed by atoms with Gasteiger partial charge in [-0.15, -0.1) is 0 Å². The van der Waals surface area contributed by atoms with Crippen LogP contribution in [0, 0.1) is 0 Å². The Bertz CT molecular complexity index is 840. The molecule has 10 heteroatoms. The maximum absolute atomic E-state index is 12.8. The molecule has 0 aliphatic carbocycles. The van der Waals surface area contributed by atoms with Gasteiger partial charge in [-0.25, -0.2) is 4.79 Å². The standard InChI is InChI=1S/C19H24Cl2N4O4/c1-19(2,3)29-18(28)24-10-12(26)9-15(24)17(27)22-16-6-7-25(23-16)11-4-5-13(20)14(21)8-11/h4-5,8,12,15,26H,6-7,9-10H2,1-3H3,(H,22,23,27)/t12-,15-/m0/s1. The molecule has 2 aliphatic rings. The molecule has 2 amide bonds. The van der Waals surface area contributed by atoms with Crippen molar-refractivity contribution in [3.63, 3.8) is 0 Å². The first kappa shape index (κ1) is 21.7. The number of carbonyl (C=O) groups excluding carboxylic acids is 2. The number of aliphatic hydroxyl groups excluding tert-OH is 1. The van der Waals surface area contributed by atoms with Gasteiger partial charge in [0.1, 0.15) is 17.5 Å². The Morgan fingerprint density at radius 3 is 2.66 bits per heavy atom. The maximum Gasteiger partial charge on any atom is 0.411 e. The first-order chi connectivity index (χ1) is 13.5. The highest BCUT2D eigenvalue weighted by atomic mass is 35.5. The minimum Gasteiger partial charge on any atom is -0.444 e. The summed E-state index contributed by atoms with van der Waals surface area (Å²) in [5, 5.41) is 19.7. The average Bonchev–Trinajstić information content (AvgIpc) is 3.22. The van der Waals surface area contributed by atoms with E-state index in [2.05, 4.69) is 10.4 Å². The third kappa shape index (κ3) is 5.32. The smallest absolute Gasteiger partial charge is 0.411 e. The van der Waals surface area contributed by atoms with E-state index >= 15 is 0 Å². The largest absolute Gasteiger partial charge is 0.444 e. The van der Waals surface area contributed by atoms with Gasteiger partial charge >= 0.3 is 6.09 Å². The van der Waals surface area contributed by atoms with Gasteiger partial charge in [-0.3, -0.25) is 14.7 Å². The summed E-state index contributed by atoms with van der Waals surface area (Å²) in [7, 11) is 0. The number of likely N-dealkylation sites (tertiary alicyclic amines) is 1. The molecular weight excluding hydrogens is 419 g/mol. The molecule has 0 spiro atoms. The van der Waals surface area contributed by atoms with Crippen LogP contribution in [0.1, 0.15) is 33.6 Å². The van der Waals surface area contributed by atoms with Crippen LogP contribution in [0.25, 0.3) is 0 Å². The van der Waals surface area contributed by atoms with Gasteiger partial charge in [-0.2, -0.15) is 5.10 Å². The van der Waals surface area contributed by atoms with Crippen LogP contribution in [0.15, 0.2) is 23.3 Å². The molecular formula is C19H24Cl2N4O4. The molecule has 1 aromatic carbocycles. The van der Waals surface area contributed by atoms with Gasteiger partial charge in [0, 0.05) is 19.4 Å². The molecule has 2 aliphatic heterocycles. The fraction of sp³-hybridized carbons (Fsp3) is 0.526. The Hall–Kier alpha value is -2.03. The highest BCUT2D eigenvalue weighted by Gasteiger charge is 2.41. The van der Waals surface area contributed by atoms with Gasteiger partial charge in [-0.1, -0.05) is 23.2 Å². The van der Waals surface area contributed by atoms with Crippen LogP contribution < -0.4 is 10.3 Å². The molecule has 8 nitrogen and oxygen atoms in total. The number of β-amino-alcohol motifs (C(OH)–C–C–N with tert-alkyl or cyclic N) is 1. The zero-order chi connectivity index (χ0) is 21.3. The normalized spacial score (nSPS) is 21.9. The summed E-state index contributed by atoms with van der Waals surface area (Å²) in [4.78, 5) is 26.4. The summed E-state index contributed by atoms with van der Waals surface area (Å²) < 4.78 is 5.35. The molecule has 0 saturated carbocycles. The average molecular weight is 443 g/mol. The van der Waals surface area contributed by atoms with Crippen LogP contribution in [0.5, 0.6) is 0 Å². The molecule has 158 valence electrons. The van der Waals surface area contributed by atoms with Crippen LogP contribution in [0.3, 0.4) is 0 Å². The fourth-order valence-electron chi connectivity index (χ4n) is 3.19. The van der Waals surface area contributed by atoms with E-state index < -0.39 is 29.7 Å². The molecule has 2 atom stereocenters. The van der Waals surface area contributed by atoms with Crippen molar-refractivity contribution in [3.05, 3.63) is 28.2 Å². The molecule has 1 saturated heterocycles. The van der Waals surface area contributed by atoms with Crippen molar-refractivity contribution in [2.45, 2.75) is 51.4 Å². The molecule has 29 heavy (non-hydrogen) atoms. The van der Waals surface area contributed by atoms with E-state index in [-0.39, 0.29) is 13.0 Å². The van der Waals surface area contributed by atoms with Crippen LogP contribution in [0.2, 0.25) is 10.0 Å². The van der Waals surface area contributed by atoms with Crippen molar-refractivity contribution in [1.82, 2.24) is 10.2 Å². The number of anilines is 1. The van der Waals surface area contributed by atoms with Crippen molar-refractivity contribution >= 4 is 46.7 Å². The van der Waals surface area contributed by atoms with E-state index in [4.69, 9.17) is 27.9 Å². The number of benzene rings is 1. The van der Waals surface area contributed by atoms with E-state index in [1.54, 1.807) is 44.0 Å². The summed E-state index contributed by atoms with van der Waals surface area (Å²) in [6.45, 7) is 5.86. The van der Waals surface area contributed by atoms with Crippen LogP contribution in [-0.4, -0.2) is 58.7 Å². The first-order valence-electron chi connectivity index (χ1n) is 9.32. The molecule has 2 N–H and O–H groups in total. The first-order valence-corrected chi connectivity index (χ1v) is 10.1. The Morgan fingerprint density at radius 2 is 2.00 bits per heavy atom. The number of amidine groups is 1. The molecule has 1 aromatic rings. The van der Waals surface area contributed by atoms with E-state index in [1.165, 1.54) is 4.90 Å². The lowest BCUT2D eigenvalue weighted by Crippen LogP contribution is -2.48. The van der Waals surface area contributed by atoms with Gasteiger partial charge in [-0.05, 0) is 39.0 Å². The van der Waals surface area contributed by atoms with Crippen molar-refractivity contribution in [2.24, 2.45) is 5.10 Å². The summed E-state index contributed by atoms with van der Waals surface area (Å²) >= 11 is 12.0. The van der Waals surface area contributed by atoms with Gasteiger partial charge in [0.2, 0.25) is 5.91 Å². The van der Waals surface area contributed by atoms with Crippen molar-refractivity contribution in [2.75, 3.05) is 18.1 Å². The molecule has 1 fully saturated rings. The zero-order valence-corrected chi connectivity index (χ0v) is 18.0. The predicted octanol–water partition coefficient (Wildman–Crippen LogP) is 3.00. The molecule has 0 unspecified atom stereocenters. The second-order valence-electron chi connectivity index (χ2n) is 8.05. The Kier molecular flexibility index (Phi) is 6.26. The van der Waals surface area contributed by atoms with E-state index in [0.29, 0.717) is 28.8 Å². The van der Waals surface area contributed by atoms with Gasteiger partial charge in [0.15, 0.2) is 0 Å². The van der Waals surface area contributed by atoms with E-state index in [1.807, 2.05) is 0 Å². The minimum absolute atomic E-state index is 0.0505. The maximum atomic E-state index is 12.8. The van der Waals surface area contributed by atoms with E-state index in [0.717, 1.165) is 5.69 Å². The third-order valence-corrected chi connectivity index (χ3v) is 5.22. The monoisotopic (exact) mass is 442 g/mol. The van der Waals surface area contributed by atoms with Crippen molar-refractivity contribution in [1.29, 1.82) is 0 Å². The number of hydrogen-bond acceptors (Lipinski definition) is 6. The van der Waals surface area contributed by atoms with Crippen LogP contribution in [0.4, 0.5) is 10.5 Å². The number of hydrazone groups is 1. The summed E-state index contributed by atoms with van der Waals surface area (Å²) in [6, 6.07) is 4.36. The van der Waals surface area contributed by atoms with Crippen molar-refractivity contribution < 1.29 is 19.4 Å². The molecule has 2 heterocycles. The van der Waals surface area contributed by atoms with Crippen molar-refractivity contribution in [3.8, 4) is 0 Å². The lowest BCUT2D eigenvalue weighted by Gasteiger charge is -2.27. The highest BCUT2D eigenvalue weighted by Crippen LogP contribution is 2.29. The minimum atomic E-state index is -0.818. The summed E-state index contributed by atoms with van der Waals surface area (Å²) in [5.74, 6) is 0.0775. The van der Waals surface area contributed by atoms with Gasteiger partial charge < -0.3 is 15.2 Å². The lowest BCUT2D eigenvalue weighted by atomic mass is 10.2. The van der Waals surface area contributed by atoms with Gasteiger partial charge in [0.25, 0.3) is 0 Å². The molecule has 0 aromatic heterocycles. The Balaban J connectivity index is 1.67. The second kappa shape index (κ2) is 8.38. The SMILES string of the molecule is CC(C)(C)OC(=O)N1C[C@@H](O)C[C@H]1C(=O)NC1=NN(c2ccc(Cl)c(Cl)c2)CC1. The predicted molar refractivity (Wildman–Crippen MR) is 111 cm³/mol. The Morgan fingerprint density at radius 1 is 1.28 bits per heavy atom. The quantitative estimate of drug-likeness (QED) is 0.733. The second-order valence-corrected chi connectivity index (χ2v) is 8.86. The number of halogens is 2. The zero-order valence-electron chi connectivity index (χ0n) is 16.5. The van der Waals surface area contributed by atoms with Gasteiger partial charge in [0.05, 0.1) is 28.4 Å². The fourth-order valence-corrected chi connectivity index (χ4v) is 3.48. The summed E-state index contributed by atoms with van der Waals surface area (Å²) in [6.07, 6.45) is -0.737. The number of ether oxygens (including phenoxy) is 1. The topological polar surface area (TPSA) is 94.5 Å². The highest BCUT2D eigenvalue weighted by molar-refractivity contribution is 6.42. The van der Waals surface area contributed by atoms with Crippen LogP contribution in [-0.2, 0) is 9.53 Å². The lowest BCUT2D eigenvalue weighted by molar-refractivity contribution is -0.124. The molecule has 0 bridgehead atoms. The number of nitrogens with one attached hydrogen (secondary N) is 1. The summed E-state index contributed by atoms with van der Waals surface area (Å²) in [5.41, 5.74) is 0.0666. The number of rotatable bonds is 2. The Labute approximate surface area is 179 Å². The number of aliphatic hydroxyl groups is 1. The van der Waals surface area contributed by atoms with E-state index in [9.17, 15) is 14.7 Å². The van der Waals surface area contributed by atoms with Crippen LogP contribution >= 0.6 is 23.2 Å².